The second-order valence-electron chi connectivity index (χ2n) is 10.4. The molecule has 1 atom stereocenters. The predicted molar refractivity (Wildman–Crippen MR) is 161 cm³/mol. The molecule has 3 aromatic rings. The quantitative estimate of drug-likeness (QED) is 0.323. The molecule has 198 valence electrons. The first-order valence-electron chi connectivity index (χ1n) is 13.2. The topological polar surface area (TPSA) is 70.1 Å². The van der Waals surface area contributed by atoms with E-state index in [1.54, 1.807) is 11.8 Å². The monoisotopic (exact) mass is 553 g/mol. The lowest BCUT2D eigenvalue weighted by molar-refractivity contribution is -0.116. The average Bonchev–Trinajstić information content (AvgIpc) is 2.91. The Hall–Kier alpha value is -3.46. The molecule has 0 saturated heterocycles. The number of nitriles is 1. The standard InChI is InChI=1S/C33H32ClN3OS/c1-19-9-5-6-14-30(19)39-18-23-16-24(21(3)15-20(23)2)31-25(17-35)33(36)37(27-11-7-10-26(34)22(27)4)28-12-8-13-29(38)32(28)31/h5-7,9-11,14-16,31H,8,12-13,18,36H2,1-4H3. The van der Waals surface area contributed by atoms with E-state index >= 15 is 0 Å². The minimum absolute atomic E-state index is 0.0852. The van der Waals surface area contributed by atoms with Crippen molar-refractivity contribution in [3.63, 3.8) is 0 Å². The summed E-state index contributed by atoms with van der Waals surface area (Å²) in [6, 6.07) is 20.8. The van der Waals surface area contributed by atoms with Gasteiger partial charge in [0.25, 0.3) is 0 Å². The van der Waals surface area contributed by atoms with Crippen LogP contribution >= 0.6 is 23.4 Å². The Morgan fingerprint density at radius 2 is 1.79 bits per heavy atom. The Labute approximate surface area is 240 Å². The second kappa shape index (κ2) is 11.0. The fraction of sp³-hybridized carbons (Fsp3) is 0.273. The van der Waals surface area contributed by atoms with Crippen LogP contribution in [0.25, 0.3) is 0 Å². The van der Waals surface area contributed by atoms with E-state index in [-0.39, 0.29) is 5.78 Å². The van der Waals surface area contributed by atoms with E-state index in [4.69, 9.17) is 17.3 Å². The van der Waals surface area contributed by atoms with Crippen molar-refractivity contribution in [1.82, 2.24) is 0 Å². The molecule has 0 bridgehead atoms. The molecule has 2 N–H and O–H groups in total. The number of Topliss-reactive ketones (excluding diaryl/α,β-unsaturated/α-hetero) is 1. The molecule has 2 aliphatic rings. The number of carbonyl (C=O) groups is 1. The number of ketones is 1. The van der Waals surface area contributed by atoms with Gasteiger partial charge in [-0.05, 0) is 92.1 Å². The van der Waals surface area contributed by atoms with E-state index in [0.29, 0.717) is 34.8 Å². The van der Waals surface area contributed by atoms with Gasteiger partial charge >= 0.3 is 0 Å². The van der Waals surface area contributed by atoms with Crippen LogP contribution in [0.4, 0.5) is 5.69 Å². The Balaban J connectivity index is 1.66. The summed E-state index contributed by atoms with van der Waals surface area (Å²) in [6.45, 7) is 8.25. The summed E-state index contributed by atoms with van der Waals surface area (Å²) in [7, 11) is 0. The Bertz CT molecular complexity index is 1600. The lowest BCUT2D eigenvalue weighted by atomic mass is 9.74. The van der Waals surface area contributed by atoms with Gasteiger partial charge < -0.3 is 5.73 Å². The highest BCUT2D eigenvalue weighted by molar-refractivity contribution is 7.98. The van der Waals surface area contributed by atoms with Gasteiger partial charge in [0.15, 0.2) is 5.78 Å². The molecule has 1 aliphatic heterocycles. The maximum Gasteiger partial charge on any atom is 0.161 e. The van der Waals surface area contributed by atoms with E-state index in [0.717, 1.165) is 40.2 Å². The van der Waals surface area contributed by atoms with Crippen LogP contribution < -0.4 is 10.6 Å². The van der Waals surface area contributed by atoms with Crippen molar-refractivity contribution in [3.05, 3.63) is 116 Å². The van der Waals surface area contributed by atoms with Crippen molar-refractivity contribution < 1.29 is 4.79 Å². The third-order valence-electron chi connectivity index (χ3n) is 7.91. The van der Waals surface area contributed by atoms with E-state index in [1.807, 2.05) is 30.0 Å². The van der Waals surface area contributed by atoms with Crippen LogP contribution in [0.5, 0.6) is 0 Å². The van der Waals surface area contributed by atoms with Crippen LogP contribution in [0.1, 0.15) is 58.6 Å². The number of hydrogen-bond donors (Lipinski definition) is 1. The molecule has 6 heteroatoms. The highest BCUT2D eigenvalue weighted by Crippen LogP contribution is 2.48. The molecule has 0 spiro atoms. The fourth-order valence-corrected chi connectivity index (χ4v) is 7.03. The zero-order valence-electron chi connectivity index (χ0n) is 22.8. The van der Waals surface area contributed by atoms with Crippen LogP contribution in [0.2, 0.25) is 5.02 Å². The Morgan fingerprint density at radius 3 is 2.54 bits per heavy atom. The van der Waals surface area contributed by atoms with Crippen LogP contribution in [-0.2, 0) is 10.5 Å². The Morgan fingerprint density at radius 1 is 1.03 bits per heavy atom. The number of hydrogen-bond acceptors (Lipinski definition) is 5. The first-order valence-corrected chi connectivity index (χ1v) is 14.6. The molecule has 0 aromatic heterocycles. The number of aryl methyl sites for hydroxylation is 3. The van der Waals surface area contributed by atoms with Gasteiger partial charge in [-0.1, -0.05) is 48.0 Å². The first-order chi connectivity index (χ1) is 18.7. The minimum Gasteiger partial charge on any atom is -0.384 e. The number of thioether (sulfide) groups is 1. The van der Waals surface area contributed by atoms with Crippen LogP contribution in [0, 0.1) is 39.0 Å². The molecule has 39 heavy (non-hydrogen) atoms. The smallest absolute Gasteiger partial charge is 0.161 e. The van der Waals surface area contributed by atoms with Gasteiger partial charge in [-0.3, -0.25) is 9.69 Å². The number of nitrogens with two attached hydrogens (primary N) is 1. The zero-order chi connectivity index (χ0) is 27.8. The van der Waals surface area contributed by atoms with Crippen LogP contribution in [0.3, 0.4) is 0 Å². The van der Waals surface area contributed by atoms with Crippen LogP contribution in [-0.4, -0.2) is 5.78 Å². The highest BCUT2D eigenvalue weighted by Gasteiger charge is 2.41. The van der Waals surface area contributed by atoms with Crippen LogP contribution in [0.15, 0.2) is 82.2 Å². The van der Waals surface area contributed by atoms with Gasteiger partial charge in [-0.15, -0.1) is 11.8 Å². The summed E-state index contributed by atoms with van der Waals surface area (Å²) < 4.78 is 0. The number of benzene rings is 3. The Kier molecular flexibility index (Phi) is 7.62. The number of rotatable bonds is 5. The molecule has 1 aliphatic carbocycles. The van der Waals surface area contributed by atoms with Crippen molar-refractivity contribution in [2.24, 2.45) is 5.73 Å². The second-order valence-corrected chi connectivity index (χ2v) is 11.8. The third-order valence-corrected chi connectivity index (χ3v) is 9.54. The number of anilines is 1. The molecule has 3 aromatic carbocycles. The average molecular weight is 554 g/mol. The summed E-state index contributed by atoms with van der Waals surface area (Å²) in [5.74, 6) is 0.765. The van der Waals surface area contributed by atoms with Crippen molar-refractivity contribution in [2.45, 2.75) is 63.5 Å². The summed E-state index contributed by atoms with van der Waals surface area (Å²) in [6.07, 6.45) is 1.93. The lowest BCUT2D eigenvalue weighted by Gasteiger charge is -2.40. The summed E-state index contributed by atoms with van der Waals surface area (Å²) in [5, 5.41) is 11.1. The SMILES string of the molecule is Cc1cc(C)c(C2C(C#N)=C(N)N(c3cccc(Cl)c3C)C3=C2C(=O)CCC3)cc1CSc1ccccc1C. The first kappa shape index (κ1) is 27.1. The largest absolute Gasteiger partial charge is 0.384 e. The van der Waals surface area contributed by atoms with Gasteiger partial charge in [-0.2, -0.15) is 5.26 Å². The summed E-state index contributed by atoms with van der Waals surface area (Å²) in [5.41, 5.74) is 16.2. The summed E-state index contributed by atoms with van der Waals surface area (Å²) >= 11 is 8.29. The lowest BCUT2D eigenvalue weighted by Crippen LogP contribution is -2.39. The van der Waals surface area contributed by atoms with Gasteiger partial charge in [0.2, 0.25) is 0 Å². The summed E-state index contributed by atoms with van der Waals surface area (Å²) in [4.78, 5) is 16.8. The molecular formula is C33H32ClN3OS. The van der Waals surface area contributed by atoms with Crippen molar-refractivity contribution in [3.8, 4) is 6.07 Å². The van der Waals surface area contributed by atoms with Gasteiger partial charge in [0.1, 0.15) is 5.82 Å². The maximum atomic E-state index is 13.6. The number of halogens is 1. The fourth-order valence-electron chi connectivity index (χ4n) is 5.77. The van der Waals surface area contributed by atoms with E-state index in [9.17, 15) is 10.1 Å². The molecule has 1 heterocycles. The normalized spacial score (nSPS) is 17.4. The highest BCUT2D eigenvalue weighted by atomic mass is 35.5. The van der Waals surface area contributed by atoms with Gasteiger partial charge in [-0.25, -0.2) is 0 Å². The molecule has 0 fully saturated rings. The molecule has 5 rings (SSSR count). The minimum atomic E-state index is -0.489. The maximum absolute atomic E-state index is 13.6. The molecule has 0 amide bonds. The zero-order valence-corrected chi connectivity index (χ0v) is 24.3. The molecule has 0 radical (unpaired) electrons. The van der Waals surface area contributed by atoms with Crippen molar-refractivity contribution in [2.75, 3.05) is 4.90 Å². The van der Waals surface area contributed by atoms with E-state index in [2.05, 4.69) is 63.2 Å². The van der Waals surface area contributed by atoms with Gasteiger partial charge in [0, 0.05) is 33.4 Å². The number of nitrogens with zero attached hydrogens (tertiary/aromatic N) is 2. The predicted octanol–water partition coefficient (Wildman–Crippen LogP) is 8.17. The molecule has 4 nitrogen and oxygen atoms in total. The van der Waals surface area contributed by atoms with E-state index in [1.165, 1.54) is 21.6 Å². The molecule has 1 unspecified atom stereocenters. The van der Waals surface area contributed by atoms with E-state index < -0.39 is 5.92 Å². The van der Waals surface area contributed by atoms with Crippen molar-refractivity contribution in [1.29, 1.82) is 5.26 Å². The molecule has 0 saturated carbocycles. The number of allylic oxidation sites excluding steroid dienone is 3. The third kappa shape index (κ3) is 4.88. The van der Waals surface area contributed by atoms with Crippen molar-refractivity contribution >= 4 is 34.8 Å². The number of carbonyl (C=O) groups excluding carboxylic acids is 1. The van der Waals surface area contributed by atoms with Gasteiger partial charge in [0.05, 0.1) is 23.2 Å². The molecular weight excluding hydrogens is 522 g/mol.